The highest BCUT2D eigenvalue weighted by molar-refractivity contribution is 5.39. The molecule has 2 aromatic rings. The molecule has 2 aliphatic heterocycles. The van der Waals surface area contributed by atoms with E-state index in [1.54, 1.807) is 6.07 Å². The summed E-state index contributed by atoms with van der Waals surface area (Å²) in [6.07, 6.45) is -5.87. The van der Waals surface area contributed by atoms with Gasteiger partial charge in [-0.3, -0.25) is 0 Å². The van der Waals surface area contributed by atoms with Crippen molar-refractivity contribution < 1.29 is 43.8 Å². The van der Waals surface area contributed by atoms with E-state index in [9.17, 15) is 24.8 Å². The van der Waals surface area contributed by atoms with E-state index >= 15 is 0 Å². The zero-order chi connectivity index (χ0) is 22.7. The Kier molecular flexibility index (Phi) is 7.24. The summed E-state index contributed by atoms with van der Waals surface area (Å²) in [5, 5.41) is 39.5. The van der Waals surface area contributed by atoms with Crippen molar-refractivity contribution in [2.45, 2.75) is 49.7 Å². The Morgan fingerprint density at radius 2 is 1.75 bits per heavy atom. The Morgan fingerprint density at radius 1 is 0.969 bits per heavy atom. The number of rotatable bonds is 7. The predicted molar refractivity (Wildman–Crippen MR) is 110 cm³/mol. The fourth-order valence-electron chi connectivity index (χ4n) is 3.78. The van der Waals surface area contributed by atoms with Crippen molar-refractivity contribution in [1.82, 2.24) is 0 Å². The normalized spacial score (nSPS) is 30.3. The Labute approximate surface area is 184 Å². The van der Waals surface area contributed by atoms with Gasteiger partial charge in [-0.2, -0.15) is 0 Å². The SMILES string of the molecule is OC[C@H]1O[C@@H](Oc2cc(F)ccc2Cc2ccc(O[C@@H]3CCOC3)cc2)[C@H](O)[C@@H](O)[C@@H]1O. The third-order valence-electron chi connectivity index (χ3n) is 5.63. The summed E-state index contributed by atoms with van der Waals surface area (Å²) in [4.78, 5) is 0. The number of aliphatic hydroxyl groups is 4. The third kappa shape index (κ3) is 5.20. The average Bonchev–Trinajstić information content (AvgIpc) is 3.30. The Morgan fingerprint density at radius 3 is 2.44 bits per heavy atom. The van der Waals surface area contributed by atoms with Gasteiger partial charge in [-0.1, -0.05) is 18.2 Å². The standard InChI is InChI=1S/C23H27FO8/c24-15-4-3-14(9-13-1-5-16(6-2-13)30-17-7-8-29-12-17)18(10-15)31-23-22(28)21(27)20(26)19(11-25)32-23/h1-6,10,17,19-23,25-28H,7-9,11-12H2/t17-,19-,20-,21+,22-,23-/m1/s1. The van der Waals surface area contributed by atoms with Crippen molar-refractivity contribution in [3.8, 4) is 11.5 Å². The van der Waals surface area contributed by atoms with Crippen molar-refractivity contribution in [2.75, 3.05) is 19.8 Å². The second-order valence-corrected chi connectivity index (χ2v) is 7.99. The van der Waals surface area contributed by atoms with E-state index in [1.165, 1.54) is 6.07 Å². The van der Waals surface area contributed by atoms with Gasteiger partial charge in [0.1, 0.15) is 47.8 Å². The van der Waals surface area contributed by atoms with Gasteiger partial charge in [0.2, 0.25) is 6.29 Å². The molecule has 0 amide bonds. The smallest absolute Gasteiger partial charge is 0.229 e. The highest BCUT2D eigenvalue weighted by Crippen LogP contribution is 2.29. The molecular weight excluding hydrogens is 423 g/mol. The lowest BCUT2D eigenvalue weighted by Crippen LogP contribution is -2.60. The molecule has 2 aromatic carbocycles. The van der Waals surface area contributed by atoms with Crippen LogP contribution in [0.1, 0.15) is 17.5 Å². The molecule has 0 radical (unpaired) electrons. The van der Waals surface area contributed by atoms with E-state index in [2.05, 4.69) is 0 Å². The van der Waals surface area contributed by atoms with Gasteiger partial charge in [-0.25, -0.2) is 4.39 Å². The first-order valence-corrected chi connectivity index (χ1v) is 10.5. The summed E-state index contributed by atoms with van der Waals surface area (Å²) in [7, 11) is 0. The molecule has 2 aliphatic rings. The van der Waals surface area contributed by atoms with E-state index < -0.39 is 43.1 Å². The van der Waals surface area contributed by atoms with Gasteiger partial charge in [0, 0.05) is 18.9 Å². The van der Waals surface area contributed by atoms with Crippen LogP contribution in [0.15, 0.2) is 42.5 Å². The van der Waals surface area contributed by atoms with Gasteiger partial charge in [0.05, 0.1) is 19.8 Å². The molecule has 0 spiro atoms. The molecule has 4 rings (SSSR count). The summed E-state index contributed by atoms with van der Waals surface area (Å²) in [5.74, 6) is 0.315. The summed E-state index contributed by atoms with van der Waals surface area (Å²) in [5.41, 5.74) is 1.55. The van der Waals surface area contributed by atoms with Crippen LogP contribution < -0.4 is 9.47 Å². The molecule has 0 aliphatic carbocycles. The predicted octanol–water partition coefficient (Wildman–Crippen LogP) is 0.763. The van der Waals surface area contributed by atoms with E-state index in [4.69, 9.17) is 18.9 Å². The molecule has 0 bridgehead atoms. The van der Waals surface area contributed by atoms with Crippen molar-refractivity contribution in [3.63, 3.8) is 0 Å². The van der Waals surface area contributed by atoms with Crippen LogP contribution in [0, 0.1) is 5.82 Å². The Hall–Kier alpha value is -2.27. The van der Waals surface area contributed by atoms with Gasteiger partial charge in [0.25, 0.3) is 0 Å². The number of aliphatic hydroxyl groups excluding tert-OH is 4. The maximum Gasteiger partial charge on any atom is 0.229 e. The van der Waals surface area contributed by atoms with Crippen LogP contribution in [0.2, 0.25) is 0 Å². The van der Waals surface area contributed by atoms with E-state index in [1.807, 2.05) is 24.3 Å². The Balaban J connectivity index is 1.47. The third-order valence-corrected chi connectivity index (χ3v) is 5.63. The first kappa shape index (κ1) is 22.9. The van der Waals surface area contributed by atoms with E-state index in [0.29, 0.717) is 25.2 Å². The lowest BCUT2D eigenvalue weighted by Gasteiger charge is -2.39. The van der Waals surface area contributed by atoms with Crippen LogP contribution >= 0.6 is 0 Å². The number of benzene rings is 2. The van der Waals surface area contributed by atoms with Crippen LogP contribution in [0.5, 0.6) is 11.5 Å². The molecule has 0 unspecified atom stereocenters. The number of ether oxygens (including phenoxy) is 4. The molecule has 174 valence electrons. The topological polar surface area (TPSA) is 118 Å². The zero-order valence-corrected chi connectivity index (χ0v) is 17.3. The largest absolute Gasteiger partial charge is 0.488 e. The molecular formula is C23H27FO8. The van der Waals surface area contributed by atoms with Crippen molar-refractivity contribution in [3.05, 3.63) is 59.4 Å². The fourth-order valence-corrected chi connectivity index (χ4v) is 3.78. The van der Waals surface area contributed by atoms with E-state index in [0.717, 1.165) is 23.8 Å². The summed E-state index contributed by atoms with van der Waals surface area (Å²) in [6.45, 7) is 0.697. The minimum atomic E-state index is -1.58. The second kappa shape index (κ2) is 10.1. The lowest BCUT2D eigenvalue weighted by molar-refractivity contribution is -0.277. The van der Waals surface area contributed by atoms with Crippen LogP contribution in [0.3, 0.4) is 0 Å². The Bertz CT molecular complexity index is 884. The number of hydrogen-bond acceptors (Lipinski definition) is 8. The first-order chi connectivity index (χ1) is 15.4. The van der Waals surface area contributed by atoms with Crippen LogP contribution in [0.25, 0.3) is 0 Å². The first-order valence-electron chi connectivity index (χ1n) is 10.5. The molecule has 0 aromatic heterocycles. The summed E-state index contributed by atoms with van der Waals surface area (Å²) in [6, 6.07) is 11.5. The number of halogens is 1. The average molecular weight is 450 g/mol. The number of hydrogen-bond donors (Lipinski definition) is 4. The second-order valence-electron chi connectivity index (χ2n) is 7.99. The monoisotopic (exact) mass is 450 g/mol. The van der Waals surface area contributed by atoms with Crippen LogP contribution in [-0.4, -0.2) is 77.1 Å². The van der Waals surface area contributed by atoms with Gasteiger partial charge >= 0.3 is 0 Å². The molecule has 32 heavy (non-hydrogen) atoms. The van der Waals surface area contributed by atoms with Gasteiger partial charge in [-0.05, 0) is 29.3 Å². The molecule has 9 heteroatoms. The minimum Gasteiger partial charge on any atom is -0.488 e. The minimum absolute atomic E-state index is 0.0523. The molecule has 8 nitrogen and oxygen atoms in total. The maximum atomic E-state index is 13.9. The van der Waals surface area contributed by atoms with Crippen molar-refractivity contribution in [1.29, 1.82) is 0 Å². The molecule has 2 saturated heterocycles. The maximum absolute atomic E-state index is 13.9. The quantitative estimate of drug-likeness (QED) is 0.489. The van der Waals surface area contributed by atoms with Crippen LogP contribution in [-0.2, 0) is 15.9 Å². The van der Waals surface area contributed by atoms with Crippen molar-refractivity contribution >= 4 is 0 Å². The van der Waals surface area contributed by atoms with E-state index in [-0.39, 0.29) is 11.9 Å². The molecule has 4 N–H and O–H groups in total. The van der Waals surface area contributed by atoms with Crippen molar-refractivity contribution in [2.24, 2.45) is 0 Å². The highest BCUT2D eigenvalue weighted by atomic mass is 19.1. The lowest BCUT2D eigenvalue weighted by atomic mass is 9.99. The molecule has 2 heterocycles. The fraction of sp³-hybridized carbons (Fsp3) is 0.478. The van der Waals surface area contributed by atoms with Gasteiger partial charge in [-0.15, -0.1) is 0 Å². The van der Waals surface area contributed by atoms with Crippen LogP contribution in [0.4, 0.5) is 4.39 Å². The highest BCUT2D eigenvalue weighted by Gasteiger charge is 2.44. The van der Waals surface area contributed by atoms with Gasteiger partial charge < -0.3 is 39.4 Å². The summed E-state index contributed by atoms with van der Waals surface area (Å²) < 4.78 is 36.2. The molecule has 2 fully saturated rings. The van der Waals surface area contributed by atoms with Gasteiger partial charge in [0.15, 0.2) is 0 Å². The molecule has 6 atom stereocenters. The summed E-state index contributed by atoms with van der Waals surface area (Å²) >= 11 is 0. The molecule has 0 saturated carbocycles. The zero-order valence-electron chi connectivity index (χ0n) is 17.3.